The van der Waals surface area contributed by atoms with Crippen molar-refractivity contribution in [1.29, 1.82) is 0 Å². The van der Waals surface area contributed by atoms with Crippen molar-refractivity contribution in [2.75, 3.05) is 38.2 Å². The molecule has 0 bridgehead atoms. The quantitative estimate of drug-likeness (QED) is 0.889. The fourth-order valence-corrected chi connectivity index (χ4v) is 2.87. The minimum atomic E-state index is -0.377. The largest absolute Gasteiger partial charge is 0.494 e. The molecule has 3 rings (SSSR count). The molecule has 0 unspecified atom stereocenters. The Morgan fingerprint density at radius 3 is 2.76 bits per heavy atom. The second-order valence-corrected chi connectivity index (χ2v) is 6.00. The molecular weight excluding hydrogens is 325 g/mol. The van der Waals surface area contributed by atoms with Gasteiger partial charge in [-0.3, -0.25) is 5.10 Å². The normalized spacial score (nSPS) is 15.8. The predicted molar refractivity (Wildman–Crippen MR) is 92.3 cm³/mol. The van der Waals surface area contributed by atoms with Crippen molar-refractivity contribution in [2.45, 2.75) is 13.0 Å². The van der Waals surface area contributed by atoms with E-state index in [4.69, 9.17) is 4.74 Å². The van der Waals surface area contributed by atoms with E-state index in [1.54, 1.807) is 29.4 Å². The van der Waals surface area contributed by atoms with E-state index in [2.05, 4.69) is 20.4 Å². The highest BCUT2D eigenvalue weighted by Gasteiger charge is 2.23. The molecule has 8 heteroatoms. The number of methoxy groups -OCH3 is 1. The number of hydrogen-bond acceptors (Lipinski definition) is 4. The number of benzene rings is 1. The van der Waals surface area contributed by atoms with Gasteiger partial charge in [-0.25, -0.2) is 9.18 Å². The Bertz CT molecular complexity index is 714. The number of carbonyl (C=O) groups excluding carboxylic acids is 1. The standard InChI is InChI=1S/C17H22FN5O2/c1-12(13-10-19-20-11-13)21-17(24)23-7-5-22(6-8-23)14-3-4-15(18)16(9-14)25-2/h3-4,9-12H,5-8H2,1-2H3,(H,19,20)(H,21,24)/t12-/m0/s1. The average molecular weight is 347 g/mol. The third-order valence-electron chi connectivity index (χ3n) is 4.43. The van der Waals surface area contributed by atoms with Gasteiger partial charge >= 0.3 is 6.03 Å². The van der Waals surface area contributed by atoms with Gasteiger partial charge in [0.2, 0.25) is 0 Å². The van der Waals surface area contributed by atoms with E-state index in [0.29, 0.717) is 26.2 Å². The third kappa shape index (κ3) is 3.84. The van der Waals surface area contributed by atoms with Crippen LogP contribution in [-0.4, -0.2) is 54.4 Å². The highest BCUT2D eigenvalue weighted by molar-refractivity contribution is 5.75. The van der Waals surface area contributed by atoms with E-state index < -0.39 is 0 Å². The molecule has 1 atom stereocenters. The van der Waals surface area contributed by atoms with Gasteiger partial charge in [-0.05, 0) is 19.1 Å². The van der Waals surface area contributed by atoms with Crippen molar-refractivity contribution >= 4 is 11.7 Å². The second kappa shape index (κ2) is 7.42. The summed E-state index contributed by atoms with van der Waals surface area (Å²) in [5.41, 5.74) is 1.83. The molecule has 7 nitrogen and oxygen atoms in total. The van der Waals surface area contributed by atoms with Crippen LogP contribution in [0.25, 0.3) is 0 Å². The molecule has 2 N–H and O–H groups in total. The summed E-state index contributed by atoms with van der Waals surface area (Å²) in [4.78, 5) is 16.3. The first-order chi connectivity index (χ1) is 12.1. The summed E-state index contributed by atoms with van der Waals surface area (Å²) in [7, 11) is 1.45. The minimum Gasteiger partial charge on any atom is -0.494 e. The molecule has 1 aliphatic rings. The molecule has 1 aliphatic heterocycles. The lowest BCUT2D eigenvalue weighted by Gasteiger charge is -2.36. The van der Waals surface area contributed by atoms with Crippen LogP contribution in [0.2, 0.25) is 0 Å². The number of aromatic nitrogens is 2. The lowest BCUT2D eigenvalue weighted by molar-refractivity contribution is 0.191. The van der Waals surface area contributed by atoms with Crippen molar-refractivity contribution in [3.63, 3.8) is 0 Å². The van der Waals surface area contributed by atoms with E-state index in [-0.39, 0.29) is 23.6 Å². The Morgan fingerprint density at radius 2 is 2.12 bits per heavy atom. The fourth-order valence-electron chi connectivity index (χ4n) is 2.87. The summed E-state index contributed by atoms with van der Waals surface area (Å²) in [5.74, 6) is -0.149. The van der Waals surface area contributed by atoms with Crippen LogP contribution in [0.4, 0.5) is 14.9 Å². The van der Waals surface area contributed by atoms with Gasteiger partial charge in [0.1, 0.15) is 0 Å². The van der Waals surface area contributed by atoms with E-state index in [9.17, 15) is 9.18 Å². The van der Waals surface area contributed by atoms with Crippen LogP contribution in [0.15, 0.2) is 30.6 Å². The van der Waals surface area contributed by atoms with Crippen LogP contribution < -0.4 is 15.0 Å². The summed E-state index contributed by atoms with van der Waals surface area (Å²) in [6.45, 7) is 4.49. The van der Waals surface area contributed by atoms with Crippen LogP contribution in [0.5, 0.6) is 5.75 Å². The van der Waals surface area contributed by atoms with Crippen molar-refractivity contribution in [2.24, 2.45) is 0 Å². The van der Waals surface area contributed by atoms with E-state index >= 15 is 0 Å². The Kier molecular flexibility index (Phi) is 5.06. The van der Waals surface area contributed by atoms with Gasteiger partial charge in [0.05, 0.1) is 19.3 Å². The molecule has 1 fully saturated rings. The first-order valence-electron chi connectivity index (χ1n) is 8.21. The first-order valence-corrected chi connectivity index (χ1v) is 8.21. The Morgan fingerprint density at radius 1 is 1.36 bits per heavy atom. The van der Waals surface area contributed by atoms with Gasteiger partial charge in [-0.1, -0.05) is 0 Å². The molecule has 25 heavy (non-hydrogen) atoms. The van der Waals surface area contributed by atoms with Crippen LogP contribution in [-0.2, 0) is 0 Å². The van der Waals surface area contributed by atoms with Crippen molar-refractivity contribution in [1.82, 2.24) is 20.4 Å². The van der Waals surface area contributed by atoms with Gasteiger partial charge in [0, 0.05) is 49.7 Å². The van der Waals surface area contributed by atoms with Crippen molar-refractivity contribution < 1.29 is 13.9 Å². The third-order valence-corrected chi connectivity index (χ3v) is 4.43. The van der Waals surface area contributed by atoms with E-state index in [0.717, 1.165) is 11.3 Å². The van der Waals surface area contributed by atoms with Crippen molar-refractivity contribution in [3.8, 4) is 5.75 Å². The van der Waals surface area contributed by atoms with Crippen LogP contribution in [0.3, 0.4) is 0 Å². The lowest BCUT2D eigenvalue weighted by atomic mass is 10.2. The maximum Gasteiger partial charge on any atom is 0.317 e. The summed E-state index contributed by atoms with van der Waals surface area (Å²) < 4.78 is 18.6. The Balaban J connectivity index is 1.55. The van der Waals surface area contributed by atoms with Gasteiger partial charge < -0.3 is 19.9 Å². The smallest absolute Gasteiger partial charge is 0.317 e. The number of hydrogen-bond donors (Lipinski definition) is 2. The van der Waals surface area contributed by atoms with Gasteiger partial charge in [-0.2, -0.15) is 5.10 Å². The zero-order chi connectivity index (χ0) is 17.8. The summed E-state index contributed by atoms with van der Waals surface area (Å²) in [5, 5.41) is 9.61. The highest BCUT2D eigenvalue weighted by Crippen LogP contribution is 2.25. The number of rotatable bonds is 4. The topological polar surface area (TPSA) is 73.5 Å². The number of amides is 2. The molecule has 134 valence electrons. The molecule has 1 aromatic carbocycles. The monoisotopic (exact) mass is 347 g/mol. The summed E-state index contributed by atoms with van der Waals surface area (Å²) in [6, 6.07) is 4.62. The SMILES string of the molecule is COc1cc(N2CCN(C(=O)N[C@@H](C)c3cn[nH]c3)CC2)ccc1F. The molecular formula is C17H22FN5O2. The summed E-state index contributed by atoms with van der Waals surface area (Å²) in [6.07, 6.45) is 3.47. The summed E-state index contributed by atoms with van der Waals surface area (Å²) >= 11 is 0. The number of halogens is 1. The van der Waals surface area contributed by atoms with Crippen molar-refractivity contribution in [3.05, 3.63) is 42.0 Å². The minimum absolute atomic E-state index is 0.0926. The zero-order valence-electron chi connectivity index (χ0n) is 14.3. The number of aromatic amines is 1. The molecule has 0 saturated carbocycles. The average Bonchev–Trinajstić information content (AvgIpc) is 3.17. The number of nitrogens with zero attached hydrogens (tertiary/aromatic N) is 3. The molecule has 1 aromatic heterocycles. The van der Waals surface area contributed by atoms with Crippen LogP contribution in [0, 0.1) is 5.82 Å². The molecule has 0 aliphatic carbocycles. The number of ether oxygens (including phenoxy) is 1. The first kappa shape index (κ1) is 17.1. The Hall–Kier alpha value is -2.77. The van der Waals surface area contributed by atoms with Crippen LogP contribution in [0.1, 0.15) is 18.5 Å². The van der Waals surface area contributed by atoms with Gasteiger partial charge in [0.15, 0.2) is 11.6 Å². The molecule has 2 heterocycles. The number of urea groups is 1. The molecule has 0 spiro atoms. The zero-order valence-corrected chi connectivity index (χ0v) is 14.3. The lowest BCUT2D eigenvalue weighted by Crippen LogP contribution is -2.52. The van der Waals surface area contributed by atoms with Gasteiger partial charge in [-0.15, -0.1) is 0 Å². The maximum absolute atomic E-state index is 13.5. The predicted octanol–water partition coefficient (Wildman–Crippen LogP) is 2.15. The number of piperazine rings is 1. The molecule has 2 aromatic rings. The number of H-pyrrole nitrogens is 1. The number of nitrogens with one attached hydrogen (secondary N) is 2. The number of carbonyl (C=O) groups is 1. The molecule has 2 amide bonds. The molecule has 0 radical (unpaired) electrons. The Labute approximate surface area is 145 Å². The molecule has 1 saturated heterocycles. The second-order valence-electron chi connectivity index (χ2n) is 6.00. The fraction of sp³-hybridized carbons (Fsp3) is 0.412. The number of anilines is 1. The highest BCUT2D eigenvalue weighted by atomic mass is 19.1. The van der Waals surface area contributed by atoms with E-state index in [1.165, 1.54) is 13.2 Å². The van der Waals surface area contributed by atoms with Gasteiger partial charge in [0.25, 0.3) is 0 Å². The van der Waals surface area contributed by atoms with E-state index in [1.807, 2.05) is 6.92 Å². The van der Waals surface area contributed by atoms with Crippen LogP contribution >= 0.6 is 0 Å². The maximum atomic E-state index is 13.5.